The summed E-state index contributed by atoms with van der Waals surface area (Å²) in [6.45, 7) is 3.28. The van der Waals surface area contributed by atoms with Crippen LogP contribution in [0.5, 0.6) is 5.75 Å². The SMILES string of the molecule is Cc1cc(=O)oc2cc(OCCCCCNc3nc4cc(-c5ccccc5)ccc4o3)ccc12. The van der Waals surface area contributed by atoms with Crippen LogP contribution < -0.4 is 15.7 Å². The van der Waals surface area contributed by atoms with Gasteiger partial charge in [0.2, 0.25) is 0 Å². The van der Waals surface area contributed by atoms with Crippen molar-refractivity contribution in [3.63, 3.8) is 0 Å². The number of nitrogens with one attached hydrogen (secondary N) is 1. The maximum Gasteiger partial charge on any atom is 0.336 e. The monoisotopic (exact) mass is 454 g/mol. The van der Waals surface area contributed by atoms with E-state index in [1.54, 1.807) is 6.07 Å². The van der Waals surface area contributed by atoms with Gasteiger partial charge in [0.1, 0.15) is 16.8 Å². The predicted molar refractivity (Wildman–Crippen MR) is 135 cm³/mol. The van der Waals surface area contributed by atoms with Gasteiger partial charge in [-0.3, -0.25) is 0 Å². The third-order valence-electron chi connectivity index (χ3n) is 5.78. The predicted octanol–water partition coefficient (Wildman–Crippen LogP) is 6.57. The summed E-state index contributed by atoms with van der Waals surface area (Å²) in [4.78, 5) is 16.2. The number of fused-ring (bicyclic) bond motifs is 2. The van der Waals surface area contributed by atoms with Crippen molar-refractivity contribution in [2.24, 2.45) is 0 Å². The van der Waals surface area contributed by atoms with Crippen LogP contribution in [0.2, 0.25) is 0 Å². The second-order valence-electron chi connectivity index (χ2n) is 8.31. The molecule has 172 valence electrons. The summed E-state index contributed by atoms with van der Waals surface area (Å²) < 4.78 is 16.9. The topological polar surface area (TPSA) is 77.5 Å². The zero-order valence-electron chi connectivity index (χ0n) is 19.0. The van der Waals surface area contributed by atoms with Crippen LogP contribution in [0.3, 0.4) is 0 Å². The summed E-state index contributed by atoms with van der Waals surface area (Å²) in [7, 11) is 0. The van der Waals surface area contributed by atoms with Crippen molar-refractivity contribution in [2.45, 2.75) is 26.2 Å². The largest absolute Gasteiger partial charge is 0.493 e. The summed E-state index contributed by atoms with van der Waals surface area (Å²) in [5.41, 5.74) is 5.02. The first kappa shape index (κ1) is 21.8. The van der Waals surface area contributed by atoms with Gasteiger partial charge in [0, 0.05) is 24.1 Å². The van der Waals surface area contributed by atoms with Gasteiger partial charge in [-0.05, 0) is 67.1 Å². The smallest absolute Gasteiger partial charge is 0.336 e. The number of oxazole rings is 1. The number of ether oxygens (including phenoxy) is 1. The van der Waals surface area contributed by atoms with Crippen molar-refractivity contribution >= 4 is 28.1 Å². The van der Waals surface area contributed by atoms with E-state index in [0.717, 1.165) is 59.0 Å². The van der Waals surface area contributed by atoms with Crippen molar-refractivity contribution in [3.05, 3.63) is 88.8 Å². The van der Waals surface area contributed by atoms with Crippen LogP contribution in [0.15, 0.2) is 86.4 Å². The Morgan fingerprint density at radius 2 is 1.74 bits per heavy atom. The second-order valence-corrected chi connectivity index (χ2v) is 8.31. The average molecular weight is 455 g/mol. The Bertz CT molecular complexity index is 1470. The molecular formula is C28H26N2O4. The minimum absolute atomic E-state index is 0.342. The lowest BCUT2D eigenvalue weighted by atomic mass is 10.1. The molecule has 3 aromatic carbocycles. The molecule has 0 aliphatic rings. The molecule has 6 heteroatoms. The van der Waals surface area contributed by atoms with Gasteiger partial charge in [0.25, 0.3) is 6.01 Å². The highest BCUT2D eigenvalue weighted by Gasteiger charge is 2.07. The van der Waals surface area contributed by atoms with E-state index in [2.05, 4.69) is 34.6 Å². The molecule has 1 N–H and O–H groups in total. The molecular weight excluding hydrogens is 428 g/mol. The molecule has 0 amide bonds. The molecule has 0 atom stereocenters. The Morgan fingerprint density at radius 3 is 2.62 bits per heavy atom. The number of anilines is 1. The fourth-order valence-corrected chi connectivity index (χ4v) is 4.00. The lowest BCUT2D eigenvalue weighted by Gasteiger charge is -2.07. The number of aryl methyl sites for hydroxylation is 1. The molecule has 0 saturated heterocycles. The van der Waals surface area contributed by atoms with E-state index in [1.165, 1.54) is 6.07 Å². The van der Waals surface area contributed by atoms with E-state index >= 15 is 0 Å². The normalized spacial score (nSPS) is 11.2. The van der Waals surface area contributed by atoms with Crippen LogP contribution in [-0.4, -0.2) is 18.1 Å². The lowest BCUT2D eigenvalue weighted by Crippen LogP contribution is -2.03. The maximum absolute atomic E-state index is 11.6. The average Bonchev–Trinajstić information content (AvgIpc) is 3.25. The van der Waals surface area contributed by atoms with Gasteiger partial charge in [-0.1, -0.05) is 36.4 Å². The summed E-state index contributed by atoms with van der Waals surface area (Å²) in [6, 6.07) is 24.0. The summed E-state index contributed by atoms with van der Waals surface area (Å²) in [6.07, 6.45) is 2.90. The molecule has 5 rings (SSSR count). The highest BCUT2D eigenvalue weighted by molar-refractivity contribution is 5.82. The molecule has 0 aliphatic carbocycles. The fraction of sp³-hybridized carbons (Fsp3) is 0.214. The number of hydrogen-bond acceptors (Lipinski definition) is 6. The lowest BCUT2D eigenvalue weighted by molar-refractivity contribution is 0.306. The highest BCUT2D eigenvalue weighted by atomic mass is 16.5. The van der Waals surface area contributed by atoms with E-state index in [9.17, 15) is 4.79 Å². The number of aromatic nitrogens is 1. The van der Waals surface area contributed by atoms with Crippen LogP contribution in [-0.2, 0) is 0 Å². The molecule has 5 aromatic rings. The minimum atomic E-state index is -0.342. The first-order valence-electron chi connectivity index (χ1n) is 11.5. The van der Waals surface area contributed by atoms with E-state index in [1.807, 2.05) is 43.3 Å². The Balaban J connectivity index is 1.07. The van der Waals surface area contributed by atoms with E-state index < -0.39 is 0 Å². The van der Waals surface area contributed by atoms with E-state index in [-0.39, 0.29) is 5.63 Å². The van der Waals surface area contributed by atoms with Gasteiger partial charge in [-0.15, -0.1) is 0 Å². The van der Waals surface area contributed by atoms with Crippen LogP contribution >= 0.6 is 0 Å². The van der Waals surface area contributed by atoms with Crippen molar-refractivity contribution < 1.29 is 13.6 Å². The molecule has 0 aliphatic heterocycles. The van der Waals surface area contributed by atoms with E-state index in [4.69, 9.17) is 13.6 Å². The van der Waals surface area contributed by atoms with Gasteiger partial charge in [-0.25, -0.2) is 4.79 Å². The Hall–Kier alpha value is -4.06. The van der Waals surface area contributed by atoms with Crippen LogP contribution in [0.25, 0.3) is 33.2 Å². The zero-order valence-corrected chi connectivity index (χ0v) is 19.0. The summed E-state index contributed by atoms with van der Waals surface area (Å²) in [5, 5.41) is 4.20. The minimum Gasteiger partial charge on any atom is -0.493 e. The highest BCUT2D eigenvalue weighted by Crippen LogP contribution is 2.26. The number of unbranched alkanes of at least 4 members (excludes halogenated alkanes) is 2. The molecule has 0 fully saturated rings. The summed E-state index contributed by atoms with van der Waals surface area (Å²) in [5.74, 6) is 0.709. The van der Waals surface area contributed by atoms with Crippen molar-refractivity contribution in [1.29, 1.82) is 0 Å². The molecule has 34 heavy (non-hydrogen) atoms. The number of rotatable bonds is 9. The van der Waals surface area contributed by atoms with Gasteiger partial charge in [0.05, 0.1) is 6.61 Å². The molecule has 6 nitrogen and oxygen atoms in total. The fourth-order valence-electron chi connectivity index (χ4n) is 4.00. The molecule has 0 saturated carbocycles. The molecule has 0 bridgehead atoms. The molecule has 0 radical (unpaired) electrons. The van der Waals surface area contributed by atoms with Crippen molar-refractivity contribution in [1.82, 2.24) is 4.98 Å². The Kier molecular flexibility index (Phi) is 6.29. The Labute approximate surface area is 197 Å². The quantitative estimate of drug-likeness (QED) is 0.200. The maximum atomic E-state index is 11.6. The van der Waals surface area contributed by atoms with E-state index in [0.29, 0.717) is 24.0 Å². The first-order chi connectivity index (χ1) is 16.7. The Morgan fingerprint density at radius 1 is 0.853 bits per heavy atom. The molecule has 2 heterocycles. The van der Waals surface area contributed by atoms with Crippen molar-refractivity contribution in [3.8, 4) is 16.9 Å². The van der Waals surface area contributed by atoms with Gasteiger partial charge >= 0.3 is 5.63 Å². The third-order valence-corrected chi connectivity index (χ3v) is 5.78. The number of hydrogen-bond donors (Lipinski definition) is 1. The van der Waals surface area contributed by atoms with Crippen LogP contribution in [0, 0.1) is 6.92 Å². The van der Waals surface area contributed by atoms with Crippen LogP contribution in [0.4, 0.5) is 6.01 Å². The number of benzene rings is 3. The molecule has 2 aromatic heterocycles. The zero-order chi connectivity index (χ0) is 23.3. The third kappa shape index (κ3) is 4.96. The molecule has 0 spiro atoms. The first-order valence-corrected chi connectivity index (χ1v) is 11.5. The standard InChI is InChI=1S/C28H26N2O4/c1-19-16-27(31)33-26-18-22(11-12-23(19)26)32-15-7-3-6-14-29-28-30-24-17-21(10-13-25(24)34-28)20-8-4-2-5-9-20/h2,4-5,8-13,16-18H,3,6-7,14-15H2,1H3,(H,29,30). The van der Waals surface area contributed by atoms with Gasteiger partial charge in [-0.2, -0.15) is 4.98 Å². The van der Waals surface area contributed by atoms with Crippen molar-refractivity contribution in [2.75, 3.05) is 18.5 Å². The van der Waals surface area contributed by atoms with Gasteiger partial charge in [0.15, 0.2) is 5.58 Å². The van der Waals surface area contributed by atoms with Gasteiger partial charge < -0.3 is 18.9 Å². The van der Waals surface area contributed by atoms with Crippen LogP contribution in [0.1, 0.15) is 24.8 Å². The second kappa shape index (κ2) is 9.83. The number of nitrogens with zero attached hydrogens (tertiary/aromatic N) is 1. The molecule has 0 unspecified atom stereocenters. The summed E-state index contributed by atoms with van der Waals surface area (Å²) >= 11 is 0.